The van der Waals surface area contributed by atoms with Crippen molar-refractivity contribution in [3.63, 3.8) is 0 Å². The number of unbranched alkanes of at least 4 members (excludes halogenated alkanes) is 31. The first kappa shape index (κ1) is 71.3. The molecule has 0 saturated heterocycles. The summed E-state index contributed by atoms with van der Waals surface area (Å²) in [6.45, 7) is 6.35. The average molecular weight is 1040 g/mol. The number of allylic oxidation sites excluding steroid dienone is 15. The summed E-state index contributed by atoms with van der Waals surface area (Å²) in [5.41, 5.74) is 0. The van der Waals surface area contributed by atoms with E-state index in [1.165, 1.54) is 167 Å². The predicted molar refractivity (Wildman–Crippen MR) is 325 cm³/mol. The third-order valence-corrected chi connectivity index (χ3v) is 13.6. The molecule has 0 spiro atoms. The fourth-order valence-corrected chi connectivity index (χ4v) is 8.94. The molecule has 0 aliphatic heterocycles. The number of hydrogen-bond donors (Lipinski definition) is 0. The zero-order chi connectivity index (χ0) is 54.3. The molecule has 0 rings (SSSR count). The lowest BCUT2D eigenvalue weighted by Gasteiger charge is -2.18. The number of rotatable bonds is 57. The molecule has 0 amide bonds. The van der Waals surface area contributed by atoms with Crippen LogP contribution in [-0.2, 0) is 28.6 Å². The van der Waals surface area contributed by atoms with Crippen molar-refractivity contribution < 1.29 is 28.6 Å². The fourth-order valence-electron chi connectivity index (χ4n) is 8.94. The van der Waals surface area contributed by atoms with Gasteiger partial charge in [0, 0.05) is 12.8 Å². The van der Waals surface area contributed by atoms with E-state index in [1.54, 1.807) is 6.08 Å². The standard InChI is InChI=1S/C69H118O6/c1-4-7-10-13-16-19-22-25-28-30-31-32-33-34-35-36-37-39-41-44-47-50-53-56-59-62-68(71)74-65-66(64-73-67(70)61-58-55-52-49-46-43-40-27-24-21-18-15-12-9-6-3)75-69(72)63-60-57-54-51-48-45-42-38-29-26-23-20-17-14-11-8-5-2/h8-9,11-12,17-18,20-21,26-27,29,40,46,49,55,58,66H,4-7,10,13-16,19,22-25,28,30-39,41-45,47-48,50-54,56-57,59-65H2,1-3H3/b11-8-,12-9-,20-17-,21-18-,29-26-,40-27-,49-46-,58-55-. The Morgan fingerprint density at radius 3 is 0.933 bits per heavy atom. The van der Waals surface area contributed by atoms with Crippen LogP contribution in [0.2, 0.25) is 0 Å². The van der Waals surface area contributed by atoms with Crippen molar-refractivity contribution in [1.29, 1.82) is 0 Å². The van der Waals surface area contributed by atoms with Crippen molar-refractivity contribution in [2.45, 2.75) is 309 Å². The lowest BCUT2D eigenvalue weighted by Crippen LogP contribution is -2.30. The van der Waals surface area contributed by atoms with Crippen LogP contribution >= 0.6 is 0 Å². The number of carbonyl (C=O) groups excluding carboxylic acids is 3. The van der Waals surface area contributed by atoms with Crippen LogP contribution in [0.3, 0.4) is 0 Å². The minimum absolute atomic E-state index is 0.110. The molecule has 0 aromatic carbocycles. The number of hydrogen-bond acceptors (Lipinski definition) is 6. The van der Waals surface area contributed by atoms with Crippen molar-refractivity contribution in [2.75, 3.05) is 13.2 Å². The molecule has 6 nitrogen and oxygen atoms in total. The van der Waals surface area contributed by atoms with Gasteiger partial charge in [-0.05, 0) is 77.0 Å². The van der Waals surface area contributed by atoms with Crippen molar-refractivity contribution in [1.82, 2.24) is 0 Å². The molecule has 0 radical (unpaired) electrons. The third-order valence-electron chi connectivity index (χ3n) is 13.6. The Morgan fingerprint density at radius 1 is 0.293 bits per heavy atom. The van der Waals surface area contributed by atoms with Gasteiger partial charge in [0.25, 0.3) is 0 Å². The quantitative estimate of drug-likeness (QED) is 0.0261. The van der Waals surface area contributed by atoms with E-state index < -0.39 is 12.1 Å². The van der Waals surface area contributed by atoms with Gasteiger partial charge in [0.2, 0.25) is 0 Å². The zero-order valence-electron chi connectivity index (χ0n) is 49.3. The van der Waals surface area contributed by atoms with Crippen molar-refractivity contribution in [2.24, 2.45) is 0 Å². The molecule has 1 unspecified atom stereocenters. The maximum absolute atomic E-state index is 12.9. The third kappa shape index (κ3) is 61.1. The van der Waals surface area contributed by atoms with E-state index in [-0.39, 0.29) is 31.6 Å². The monoisotopic (exact) mass is 1040 g/mol. The minimum atomic E-state index is -0.823. The number of carbonyl (C=O) groups is 3. The summed E-state index contributed by atoms with van der Waals surface area (Å²) in [6.07, 6.45) is 84.5. The first-order valence-corrected chi connectivity index (χ1v) is 31.7. The smallest absolute Gasteiger partial charge is 0.309 e. The predicted octanol–water partition coefficient (Wildman–Crippen LogP) is 21.7. The second-order valence-electron chi connectivity index (χ2n) is 20.9. The Balaban J connectivity index is 4.36. The van der Waals surface area contributed by atoms with Gasteiger partial charge in [0.15, 0.2) is 6.10 Å². The van der Waals surface area contributed by atoms with Gasteiger partial charge in [-0.1, -0.05) is 304 Å². The van der Waals surface area contributed by atoms with Gasteiger partial charge in [-0.2, -0.15) is 0 Å². The Labute approximate surface area is 464 Å². The fraction of sp³-hybridized carbons (Fsp3) is 0.725. The summed E-state index contributed by atoms with van der Waals surface area (Å²) in [7, 11) is 0. The van der Waals surface area contributed by atoms with Gasteiger partial charge in [-0.3, -0.25) is 14.4 Å². The van der Waals surface area contributed by atoms with Crippen LogP contribution in [0.15, 0.2) is 97.2 Å². The Morgan fingerprint density at radius 2 is 0.573 bits per heavy atom. The van der Waals surface area contributed by atoms with Gasteiger partial charge in [-0.15, -0.1) is 0 Å². The summed E-state index contributed by atoms with van der Waals surface area (Å²) >= 11 is 0. The van der Waals surface area contributed by atoms with Gasteiger partial charge < -0.3 is 14.2 Å². The van der Waals surface area contributed by atoms with Gasteiger partial charge in [-0.25, -0.2) is 0 Å². The van der Waals surface area contributed by atoms with Crippen molar-refractivity contribution in [3.05, 3.63) is 97.2 Å². The molecular weight excluding hydrogens is 925 g/mol. The molecule has 0 N–H and O–H groups in total. The lowest BCUT2D eigenvalue weighted by molar-refractivity contribution is -0.166. The second kappa shape index (κ2) is 62.9. The number of esters is 3. The van der Waals surface area contributed by atoms with Crippen molar-refractivity contribution >= 4 is 17.9 Å². The average Bonchev–Trinajstić information content (AvgIpc) is 3.41. The first-order chi connectivity index (χ1) is 37.0. The minimum Gasteiger partial charge on any atom is -0.462 e. The maximum atomic E-state index is 12.9. The molecule has 75 heavy (non-hydrogen) atoms. The van der Waals surface area contributed by atoms with Crippen LogP contribution in [0.4, 0.5) is 0 Å². The normalized spacial score (nSPS) is 12.7. The molecule has 0 fully saturated rings. The topological polar surface area (TPSA) is 78.9 Å². The van der Waals surface area contributed by atoms with E-state index in [0.717, 1.165) is 96.3 Å². The van der Waals surface area contributed by atoms with Crippen LogP contribution in [-0.4, -0.2) is 37.2 Å². The highest BCUT2D eigenvalue weighted by molar-refractivity contribution is 5.72. The van der Waals surface area contributed by atoms with Crippen LogP contribution in [0, 0.1) is 0 Å². The van der Waals surface area contributed by atoms with Crippen LogP contribution in [0.5, 0.6) is 0 Å². The lowest BCUT2D eigenvalue weighted by atomic mass is 10.0. The van der Waals surface area contributed by atoms with Crippen LogP contribution in [0.25, 0.3) is 0 Å². The largest absolute Gasteiger partial charge is 0.462 e. The second-order valence-corrected chi connectivity index (χ2v) is 20.9. The molecule has 0 aliphatic carbocycles. The van der Waals surface area contributed by atoms with Gasteiger partial charge in [0.05, 0.1) is 6.42 Å². The summed E-state index contributed by atoms with van der Waals surface area (Å²) in [4.78, 5) is 38.2. The van der Waals surface area contributed by atoms with E-state index in [1.807, 2.05) is 6.08 Å². The van der Waals surface area contributed by atoms with Crippen LogP contribution in [0.1, 0.15) is 303 Å². The highest BCUT2D eigenvalue weighted by Crippen LogP contribution is 2.17. The molecule has 0 aliphatic rings. The molecule has 1 atom stereocenters. The first-order valence-electron chi connectivity index (χ1n) is 31.7. The van der Waals surface area contributed by atoms with E-state index in [2.05, 4.69) is 106 Å². The van der Waals surface area contributed by atoms with E-state index >= 15 is 0 Å². The molecule has 0 aromatic heterocycles. The molecule has 0 aromatic rings. The molecule has 430 valence electrons. The Bertz CT molecular complexity index is 1480. The van der Waals surface area contributed by atoms with Crippen molar-refractivity contribution in [3.8, 4) is 0 Å². The summed E-state index contributed by atoms with van der Waals surface area (Å²) < 4.78 is 16.8. The van der Waals surface area contributed by atoms with E-state index in [4.69, 9.17) is 14.2 Å². The summed E-state index contributed by atoms with van der Waals surface area (Å²) in [6, 6.07) is 0. The zero-order valence-corrected chi connectivity index (χ0v) is 49.3. The van der Waals surface area contributed by atoms with Gasteiger partial charge >= 0.3 is 17.9 Å². The highest BCUT2D eigenvalue weighted by Gasteiger charge is 2.19. The molecule has 0 bridgehead atoms. The molecule has 0 saturated carbocycles. The summed E-state index contributed by atoms with van der Waals surface area (Å²) in [5.74, 6) is -1.04. The summed E-state index contributed by atoms with van der Waals surface area (Å²) in [5, 5.41) is 0. The maximum Gasteiger partial charge on any atom is 0.309 e. The number of ether oxygens (including phenoxy) is 3. The Kier molecular flexibility index (Phi) is 59.8. The Hall–Kier alpha value is -3.67. The van der Waals surface area contributed by atoms with Gasteiger partial charge in [0.1, 0.15) is 13.2 Å². The van der Waals surface area contributed by atoms with E-state index in [9.17, 15) is 14.4 Å². The van der Waals surface area contributed by atoms with E-state index in [0.29, 0.717) is 12.8 Å². The highest BCUT2D eigenvalue weighted by atomic mass is 16.6. The SMILES string of the molecule is CC/C=C\C/C=C\C/C=C\C/C=C\C/C=C\CC(=O)OCC(COC(=O)CCCCCCCCCCCCCCCCCCCCCCCCCCC)OC(=O)CCCCCCCCC/C=C\C/C=C\C/C=C\CC. The molecule has 0 heterocycles. The molecule has 6 heteroatoms. The molecular formula is C69H118O6. The van der Waals surface area contributed by atoms with Crippen LogP contribution < -0.4 is 0 Å².